The summed E-state index contributed by atoms with van der Waals surface area (Å²) in [6.07, 6.45) is -3.49. The molecule has 0 bridgehead atoms. The molecule has 0 saturated heterocycles. The van der Waals surface area contributed by atoms with Gasteiger partial charge in [-0.3, -0.25) is 14.9 Å². The summed E-state index contributed by atoms with van der Waals surface area (Å²) < 4.78 is 45.3. The van der Waals surface area contributed by atoms with E-state index in [1.165, 1.54) is 6.92 Å². The van der Waals surface area contributed by atoms with Gasteiger partial charge in [0.1, 0.15) is 0 Å². The summed E-state index contributed by atoms with van der Waals surface area (Å²) >= 11 is 0. The molecule has 0 aliphatic heterocycles. The minimum atomic E-state index is -4.95. The van der Waals surface area contributed by atoms with Gasteiger partial charge in [-0.1, -0.05) is 6.92 Å². The zero-order valence-corrected chi connectivity index (χ0v) is 18.9. The Bertz CT molecular complexity index is 1330. The number of H-pyrrole nitrogens is 1. The Balaban J connectivity index is 1.50. The summed E-state index contributed by atoms with van der Waals surface area (Å²) in [6.45, 7) is 3.39. The fourth-order valence-electron chi connectivity index (χ4n) is 4.22. The van der Waals surface area contributed by atoms with E-state index in [2.05, 4.69) is 11.9 Å². The highest BCUT2D eigenvalue weighted by atomic mass is 19.4. The number of benzene rings is 2. The Hall–Kier alpha value is -3.89. The number of amides is 1. The van der Waals surface area contributed by atoms with Crippen LogP contribution in [0.5, 0.6) is 0 Å². The SMILES string of the molecule is C[C@@H]1CCc2[nH]c3ccc(C(=O)O[C@H](C)C(=O)Nc4ccc([N+](=O)[O-])cc4C(F)(F)F)cc3c2C1. The summed E-state index contributed by atoms with van der Waals surface area (Å²) in [6, 6.07) is 6.96. The molecule has 1 heterocycles. The molecule has 8 nitrogen and oxygen atoms in total. The molecular weight excluding hydrogens is 467 g/mol. The van der Waals surface area contributed by atoms with Crippen LogP contribution in [0.3, 0.4) is 0 Å². The van der Waals surface area contributed by atoms with Gasteiger partial charge in [0.2, 0.25) is 0 Å². The number of fused-ring (bicyclic) bond motifs is 3. The van der Waals surface area contributed by atoms with E-state index in [1.807, 2.05) is 5.32 Å². The minimum absolute atomic E-state index is 0.212. The van der Waals surface area contributed by atoms with E-state index in [-0.39, 0.29) is 5.56 Å². The molecule has 0 spiro atoms. The molecule has 3 aromatic rings. The van der Waals surface area contributed by atoms with Crippen LogP contribution >= 0.6 is 0 Å². The van der Waals surface area contributed by atoms with Crippen LogP contribution in [-0.2, 0) is 28.5 Å². The number of rotatable bonds is 5. The molecule has 2 aromatic carbocycles. The molecular formula is C24H22F3N3O5. The van der Waals surface area contributed by atoms with Gasteiger partial charge in [0.15, 0.2) is 6.10 Å². The lowest BCUT2D eigenvalue weighted by Crippen LogP contribution is -2.30. The van der Waals surface area contributed by atoms with E-state index in [4.69, 9.17) is 4.74 Å². The first-order valence-corrected chi connectivity index (χ1v) is 10.9. The normalized spacial score (nSPS) is 16.4. The third kappa shape index (κ3) is 4.98. The monoisotopic (exact) mass is 489 g/mol. The van der Waals surface area contributed by atoms with Crippen molar-refractivity contribution in [3.05, 3.63) is 68.9 Å². The van der Waals surface area contributed by atoms with Crippen molar-refractivity contribution >= 4 is 34.2 Å². The lowest BCUT2D eigenvalue weighted by Gasteiger charge is -2.18. The highest BCUT2D eigenvalue weighted by molar-refractivity contribution is 6.00. The third-order valence-corrected chi connectivity index (χ3v) is 6.10. The predicted molar refractivity (Wildman–Crippen MR) is 121 cm³/mol. The summed E-state index contributed by atoms with van der Waals surface area (Å²) in [5.41, 5.74) is 0.567. The Morgan fingerprint density at radius 2 is 1.97 bits per heavy atom. The van der Waals surface area contributed by atoms with Gasteiger partial charge in [-0.25, -0.2) is 4.79 Å². The second-order valence-corrected chi connectivity index (χ2v) is 8.71. The Morgan fingerprint density at radius 1 is 1.23 bits per heavy atom. The first kappa shape index (κ1) is 24.2. The van der Waals surface area contributed by atoms with E-state index >= 15 is 0 Å². The van der Waals surface area contributed by atoms with Crippen molar-refractivity contribution in [2.24, 2.45) is 5.92 Å². The number of esters is 1. The number of anilines is 1. The Morgan fingerprint density at radius 3 is 2.66 bits per heavy atom. The fraction of sp³-hybridized carbons (Fsp3) is 0.333. The number of hydrogen-bond donors (Lipinski definition) is 2. The molecule has 2 N–H and O–H groups in total. The number of aromatic nitrogens is 1. The number of nitrogens with zero attached hydrogens (tertiary/aromatic N) is 1. The molecule has 1 aliphatic rings. The standard InChI is InChI=1S/C24H22F3N3O5/c1-12-3-6-19-16(9-12)17-10-14(4-7-20(17)28-19)23(32)35-13(2)22(31)29-21-8-5-15(30(33)34)11-18(21)24(25,26)27/h4-5,7-8,10-13,28H,3,6,9H2,1-2H3,(H,29,31)/t12-,13-/m1/s1. The molecule has 0 fully saturated rings. The quantitative estimate of drug-likeness (QED) is 0.283. The van der Waals surface area contributed by atoms with Crippen molar-refractivity contribution in [2.75, 3.05) is 5.32 Å². The first-order chi connectivity index (χ1) is 16.4. The number of aryl methyl sites for hydroxylation is 1. The Kier molecular flexibility index (Phi) is 6.27. The number of halogens is 3. The number of non-ortho nitro benzene ring substituents is 1. The zero-order chi connectivity index (χ0) is 25.5. The third-order valence-electron chi connectivity index (χ3n) is 6.10. The number of carbonyl (C=O) groups is 2. The highest BCUT2D eigenvalue weighted by Crippen LogP contribution is 2.37. The van der Waals surface area contributed by atoms with Crippen molar-refractivity contribution in [1.82, 2.24) is 4.98 Å². The summed E-state index contributed by atoms with van der Waals surface area (Å²) in [7, 11) is 0. The predicted octanol–water partition coefficient (Wildman–Crippen LogP) is 5.40. The Labute approximate surface area is 197 Å². The maximum absolute atomic E-state index is 13.4. The maximum atomic E-state index is 13.4. The molecule has 1 amide bonds. The molecule has 1 aromatic heterocycles. The molecule has 2 atom stereocenters. The number of nitrogens with one attached hydrogen (secondary N) is 2. The number of nitro groups is 1. The lowest BCUT2D eigenvalue weighted by atomic mass is 9.87. The van der Waals surface area contributed by atoms with E-state index in [0.29, 0.717) is 12.0 Å². The van der Waals surface area contributed by atoms with Gasteiger partial charge in [0.05, 0.1) is 21.7 Å². The maximum Gasteiger partial charge on any atom is 0.418 e. The van der Waals surface area contributed by atoms with Crippen LogP contribution in [0, 0.1) is 16.0 Å². The number of aromatic amines is 1. The van der Waals surface area contributed by atoms with Crippen LogP contribution in [0.25, 0.3) is 10.9 Å². The largest absolute Gasteiger partial charge is 0.449 e. The molecule has 1 aliphatic carbocycles. The van der Waals surface area contributed by atoms with Crippen LogP contribution < -0.4 is 5.32 Å². The van der Waals surface area contributed by atoms with Crippen LogP contribution in [-0.4, -0.2) is 27.9 Å². The molecule has 184 valence electrons. The van der Waals surface area contributed by atoms with Crippen molar-refractivity contribution in [1.29, 1.82) is 0 Å². The summed E-state index contributed by atoms with van der Waals surface area (Å²) in [5, 5.41) is 13.8. The van der Waals surface area contributed by atoms with Crippen LogP contribution in [0.1, 0.15) is 47.4 Å². The van der Waals surface area contributed by atoms with E-state index in [9.17, 15) is 32.9 Å². The zero-order valence-electron chi connectivity index (χ0n) is 18.9. The van der Waals surface area contributed by atoms with Gasteiger partial charge in [-0.2, -0.15) is 13.2 Å². The average molecular weight is 489 g/mol. The second-order valence-electron chi connectivity index (χ2n) is 8.71. The molecule has 0 unspecified atom stereocenters. The fourth-order valence-corrected chi connectivity index (χ4v) is 4.22. The van der Waals surface area contributed by atoms with Gasteiger partial charge in [0, 0.05) is 28.7 Å². The van der Waals surface area contributed by atoms with E-state index in [0.717, 1.165) is 53.6 Å². The van der Waals surface area contributed by atoms with Crippen molar-refractivity contribution < 1.29 is 32.4 Å². The number of hydrogen-bond acceptors (Lipinski definition) is 5. The number of ether oxygens (including phenoxy) is 1. The van der Waals surface area contributed by atoms with E-state index < -0.39 is 46.0 Å². The second kappa shape index (κ2) is 9.05. The lowest BCUT2D eigenvalue weighted by molar-refractivity contribution is -0.385. The van der Waals surface area contributed by atoms with E-state index in [1.54, 1.807) is 18.2 Å². The van der Waals surface area contributed by atoms with Crippen molar-refractivity contribution in [2.45, 2.75) is 45.4 Å². The van der Waals surface area contributed by atoms with Gasteiger partial charge < -0.3 is 15.0 Å². The van der Waals surface area contributed by atoms with Crippen LogP contribution in [0.4, 0.5) is 24.5 Å². The van der Waals surface area contributed by atoms with Gasteiger partial charge in [-0.05, 0) is 61.9 Å². The van der Waals surface area contributed by atoms with Crippen LogP contribution in [0.15, 0.2) is 36.4 Å². The summed E-state index contributed by atoms with van der Waals surface area (Å²) in [4.78, 5) is 38.4. The number of carbonyl (C=O) groups excluding carboxylic acids is 2. The van der Waals surface area contributed by atoms with Crippen LogP contribution in [0.2, 0.25) is 0 Å². The van der Waals surface area contributed by atoms with Crippen molar-refractivity contribution in [3.8, 4) is 0 Å². The number of nitro benzene ring substituents is 1. The first-order valence-electron chi connectivity index (χ1n) is 10.9. The minimum Gasteiger partial charge on any atom is -0.449 e. The molecule has 11 heteroatoms. The summed E-state index contributed by atoms with van der Waals surface area (Å²) in [5.74, 6) is -1.29. The van der Waals surface area contributed by atoms with Gasteiger partial charge in [-0.15, -0.1) is 0 Å². The molecule has 35 heavy (non-hydrogen) atoms. The number of alkyl halides is 3. The molecule has 0 radical (unpaired) electrons. The van der Waals surface area contributed by atoms with Crippen molar-refractivity contribution in [3.63, 3.8) is 0 Å². The highest BCUT2D eigenvalue weighted by Gasteiger charge is 2.36. The molecule has 4 rings (SSSR count). The van der Waals surface area contributed by atoms with Gasteiger partial charge in [0.25, 0.3) is 11.6 Å². The molecule has 0 saturated carbocycles. The van der Waals surface area contributed by atoms with Gasteiger partial charge >= 0.3 is 12.1 Å². The topological polar surface area (TPSA) is 114 Å². The smallest absolute Gasteiger partial charge is 0.418 e. The average Bonchev–Trinajstić information content (AvgIpc) is 3.15.